The Morgan fingerprint density at radius 2 is 1.96 bits per heavy atom. The van der Waals surface area contributed by atoms with Crippen molar-refractivity contribution in [2.45, 2.75) is 39.0 Å². The molecule has 1 aromatic carbocycles. The van der Waals surface area contributed by atoms with Crippen LogP contribution in [0.1, 0.15) is 49.4 Å². The van der Waals surface area contributed by atoms with E-state index in [1.165, 1.54) is 25.7 Å². The maximum atomic E-state index is 13.0. The smallest absolute Gasteiger partial charge is 0.319 e. The van der Waals surface area contributed by atoms with E-state index in [1.807, 2.05) is 11.8 Å². The van der Waals surface area contributed by atoms with E-state index in [2.05, 4.69) is 10.6 Å². The lowest BCUT2D eigenvalue weighted by Gasteiger charge is -2.41. The molecule has 1 aliphatic heterocycles. The molecule has 0 radical (unpaired) electrons. The van der Waals surface area contributed by atoms with E-state index in [9.17, 15) is 9.59 Å². The number of ether oxygens (including phenoxy) is 1. The Hall–Kier alpha value is -2.24. The van der Waals surface area contributed by atoms with E-state index in [4.69, 9.17) is 4.74 Å². The number of carbonyl (C=O) groups is 2. The average Bonchev–Trinajstić information content (AvgIpc) is 2.67. The molecule has 26 heavy (non-hydrogen) atoms. The summed E-state index contributed by atoms with van der Waals surface area (Å²) in [6.07, 6.45) is 6.28. The number of benzene rings is 1. The van der Waals surface area contributed by atoms with Gasteiger partial charge in [0.05, 0.1) is 12.7 Å². The Kier molecular flexibility index (Phi) is 6.01. The zero-order chi connectivity index (χ0) is 18.5. The van der Waals surface area contributed by atoms with Gasteiger partial charge in [0.15, 0.2) is 0 Å². The van der Waals surface area contributed by atoms with Gasteiger partial charge in [0.1, 0.15) is 5.75 Å². The fraction of sp³-hybridized carbons (Fsp3) is 0.600. The van der Waals surface area contributed by atoms with Crippen molar-refractivity contribution >= 4 is 17.6 Å². The molecule has 1 saturated carbocycles. The minimum atomic E-state index is -0.270. The van der Waals surface area contributed by atoms with Gasteiger partial charge in [-0.15, -0.1) is 0 Å². The van der Waals surface area contributed by atoms with Crippen LogP contribution in [0.5, 0.6) is 5.75 Å². The Morgan fingerprint density at radius 3 is 2.69 bits per heavy atom. The molecule has 2 aliphatic rings. The summed E-state index contributed by atoms with van der Waals surface area (Å²) in [5, 5.41) is 5.43. The molecule has 2 fully saturated rings. The van der Waals surface area contributed by atoms with Crippen LogP contribution in [-0.2, 0) is 0 Å². The summed E-state index contributed by atoms with van der Waals surface area (Å²) in [7, 11) is 1.55. The lowest BCUT2D eigenvalue weighted by Crippen LogP contribution is -2.44. The van der Waals surface area contributed by atoms with Crippen LogP contribution < -0.4 is 15.4 Å². The molecule has 2 atom stereocenters. The lowest BCUT2D eigenvalue weighted by molar-refractivity contribution is 0.0518. The number of hydrogen-bond donors (Lipinski definition) is 2. The van der Waals surface area contributed by atoms with E-state index in [0.29, 0.717) is 29.5 Å². The van der Waals surface area contributed by atoms with Gasteiger partial charge in [0, 0.05) is 31.4 Å². The summed E-state index contributed by atoms with van der Waals surface area (Å²) in [5.41, 5.74) is 1.17. The maximum absolute atomic E-state index is 13.0. The van der Waals surface area contributed by atoms with Gasteiger partial charge in [-0.25, -0.2) is 4.79 Å². The van der Waals surface area contributed by atoms with Gasteiger partial charge in [-0.3, -0.25) is 4.79 Å². The molecule has 1 aliphatic carbocycles. The third kappa shape index (κ3) is 4.11. The molecule has 2 N–H and O–H groups in total. The number of rotatable bonds is 4. The molecule has 142 valence electrons. The number of nitrogens with zero attached hydrogens (tertiary/aromatic N) is 1. The highest BCUT2D eigenvalue weighted by Gasteiger charge is 2.33. The Labute approximate surface area is 155 Å². The van der Waals surface area contributed by atoms with E-state index in [1.54, 1.807) is 25.3 Å². The zero-order valence-corrected chi connectivity index (χ0v) is 15.7. The summed E-state index contributed by atoms with van der Waals surface area (Å²) >= 11 is 0. The quantitative estimate of drug-likeness (QED) is 0.864. The minimum absolute atomic E-state index is 0.0235. The first-order valence-electron chi connectivity index (χ1n) is 9.64. The first-order valence-corrected chi connectivity index (χ1v) is 9.64. The van der Waals surface area contributed by atoms with E-state index >= 15 is 0 Å². The fourth-order valence-corrected chi connectivity index (χ4v) is 4.24. The molecule has 3 rings (SSSR count). The number of hydrogen-bond acceptors (Lipinski definition) is 3. The minimum Gasteiger partial charge on any atom is -0.496 e. The molecule has 0 bridgehead atoms. The van der Waals surface area contributed by atoms with Crippen molar-refractivity contribution in [1.29, 1.82) is 0 Å². The molecule has 6 heteroatoms. The first kappa shape index (κ1) is 18.5. The van der Waals surface area contributed by atoms with Crippen LogP contribution in [0, 0.1) is 11.8 Å². The van der Waals surface area contributed by atoms with Gasteiger partial charge in [0.25, 0.3) is 5.91 Å². The Balaban J connectivity index is 1.71. The Bertz CT molecular complexity index is 662. The molecule has 6 nitrogen and oxygen atoms in total. The number of methoxy groups -OCH3 is 1. The summed E-state index contributed by atoms with van der Waals surface area (Å²) in [4.78, 5) is 26.7. The maximum Gasteiger partial charge on any atom is 0.319 e. The van der Waals surface area contributed by atoms with Crippen molar-refractivity contribution in [3.05, 3.63) is 23.8 Å². The van der Waals surface area contributed by atoms with Gasteiger partial charge in [-0.05, 0) is 43.7 Å². The van der Waals surface area contributed by atoms with Gasteiger partial charge in [0.2, 0.25) is 0 Å². The summed E-state index contributed by atoms with van der Waals surface area (Å²) in [6, 6.07) is 4.93. The Morgan fingerprint density at radius 1 is 1.19 bits per heavy atom. The number of carbonyl (C=O) groups excluding carboxylic acids is 2. The van der Waals surface area contributed by atoms with Crippen molar-refractivity contribution in [3.63, 3.8) is 0 Å². The SMILES string of the molecule is CCNC(=O)Nc1ccc(C(=O)N2CC[C@H]3CCCC[C@H]3C2)c(OC)c1. The van der Waals surface area contributed by atoms with Crippen molar-refractivity contribution in [2.75, 3.05) is 32.1 Å². The van der Waals surface area contributed by atoms with Gasteiger partial charge < -0.3 is 20.3 Å². The second-order valence-corrected chi connectivity index (χ2v) is 7.24. The third-order valence-corrected chi connectivity index (χ3v) is 5.61. The molecule has 0 aromatic heterocycles. The van der Waals surface area contributed by atoms with Crippen LogP contribution in [0.2, 0.25) is 0 Å². The van der Waals surface area contributed by atoms with E-state index < -0.39 is 0 Å². The molecule has 0 spiro atoms. The normalized spacial score (nSPS) is 22.3. The zero-order valence-electron chi connectivity index (χ0n) is 15.7. The van der Waals surface area contributed by atoms with Crippen LogP contribution in [0.4, 0.5) is 10.5 Å². The molecule has 3 amide bonds. The van der Waals surface area contributed by atoms with Crippen molar-refractivity contribution < 1.29 is 14.3 Å². The molecule has 0 unspecified atom stereocenters. The van der Waals surface area contributed by atoms with Crippen molar-refractivity contribution in [2.24, 2.45) is 11.8 Å². The topological polar surface area (TPSA) is 70.7 Å². The molecular weight excluding hydrogens is 330 g/mol. The van der Waals surface area contributed by atoms with Crippen molar-refractivity contribution in [3.8, 4) is 5.75 Å². The van der Waals surface area contributed by atoms with Crippen LogP contribution in [0.15, 0.2) is 18.2 Å². The van der Waals surface area contributed by atoms with E-state index in [0.717, 1.165) is 25.4 Å². The number of fused-ring (bicyclic) bond motifs is 1. The standard InChI is InChI=1S/C20H29N3O3/c1-3-21-20(25)22-16-8-9-17(18(12-16)26-2)19(24)23-11-10-14-6-4-5-7-15(14)13-23/h8-9,12,14-15H,3-7,10-11,13H2,1-2H3,(H2,21,22,25)/t14-,15+/m1/s1. The van der Waals surface area contributed by atoms with Gasteiger partial charge >= 0.3 is 6.03 Å². The molecular formula is C20H29N3O3. The summed E-state index contributed by atoms with van der Waals surface area (Å²) < 4.78 is 5.43. The molecule has 1 aromatic rings. The average molecular weight is 359 g/mol. The highest BCUT2D eigenvalue weighted by Crippen LogP contribution is 2.37. The number of piperidine rings is 1. The second-order valence-electron chi connectivity index (χ2n) is 7.24. The number of urea groups is 1. The number of nitrogens with one attached hydrogen (secondary N) is 2. The van der Waals surface area contributed by atoms with Crippen LogP contribution in [0.25, 0.3) is 0 Å². The predicted molar refractivity (Wildman–Crippen MR) is 102 cm³/mol. The number of amides is 3. The summed E-state index contributed by atoms with van der Waals surface area (Å²) in [5.74, 6) is 1.95. The largest absolute Gasteiger partial charge is 0.496 e. The third-order valence-electron chi connectivity index (χ3n) is 5.61. The van der Waals surface area contributed by atoms with Crippen LogP contribution >= 0.6 is 0 Å². The predicted octanol–water partition coefficient (Wildman–Crippen LogP) is 3.49. The second kappa shape index (κ2) is 8.43. The van der Waals surface area contributed by atoms with Crippen LogP contribution in [-0.4, -0.2) is 43.6 Å². The molecule has 1 heterocycles. The van der Waals surface area contributed by atoms with E-state index in [-0.39, 0.29) is 11.9 Å². The van der Waals surface area contributed by atoms with Crippen molar-refractivity contribution in [1.82, 2.24) is 10.2 Å². The summed E-state index contributed by atoms with van der Waals surface area (Å²) in [6.45, 7) is 4.09. The fourth-order valence-electron chi connectivity index (χ4n) is 4.24. The molecule has 1 saturated heterocycles. The first-order chi connectivity index (χ1) is 12.6. The number of anilines is 1. The van der Waals surface area contributed by atoms with Crippen LogP contribution in [0.3, 0.4) is 0 Å². The lowest BCUT2D eigenvalue weighted by atomic mass is 9.75. The van der Waals surface area contributed by atoms with Gasteiger partial charge in [-0.2, -0.15) is 0 Å². The monoisotopic (exact) mass is 359 g/mol. The number of likely N-dealkylation sites (tertiary alicyclic amines) is 1. The highest BCUT2D eigenvalue weighted by atomic mass is 16.5. The highest BCUT2D eigenvalue weighted by molar-refractivity contribution is 5.98. The van der Waals surface area contributed by atoms with Gasteiger partial charge in [-0.1, -0.05) is 19.3 Å².